The molecule has 0 spiro atoms. The van der Waals surface area contributed by atoms with Gasteiger partial charge in [-0.05, 0) is 116 Å². The van der Waals surface area contributed by atoms with Crippen molar-refractivity contribution in [2.24, 2.45) is 56.7 Å². The predicted molar refractivity (Wildman–Crippen MR) is 234 cm³/mol. The van der Waals surface area contributed by atoms with E-state index in [0.29, 0.717) is 42.8 Å². The van der Waals surface area contributed by atoms with Crippen LogP contribution in [0.2, 0.25) is 5.02 Å². The third-order valence-electron chi connectivity index (χ3n) is 16.5. The summed E-state index contributed by atoms with van der Waals surface area (Å²) in [6.45, 7) is 28.9. The maximum atomic E-state index is 15.2. The van der Waals surface area contributed by atoms with Crippen molar-refractivity contribution >= 4 is 23.4 Å². The van der Waals surface area contributed by atoms with Gasteiger partial charge in [0, 0.05) is 41.3 Å². The van der Waals surface area contributed by atoms with E-state index in [1.165, 1.54) is 5.57 Å². The Morgan fingerprint density at radius 1 is 1.03 bits per heavy atom. The summed E-state index contributed by atoms with van der Waals surface area (Å²) >= 11 is 6.19. The van der Waals surface area contributed by atoms with Crippen LogP contribution >= 0.6 is 11.6 Å². The van der Waals surface area contributed by atoms with Gasteiger partial charge in [-0.1, -0.05) is 118 Å². The summed E-state index contributed by atoms with van der Waals surface area (Å²) in [4.78, 5) is 29.6. The van der Waals surface area contributed by atoms with Crippen LogP contribution in [0.4, 0.5) is 4.39 Å². The Kier molecular flexibility index (Phi) is 14.2. The maximum Gasteiger partial charge on any atom is 0.307 e. The molecule has 58 heavy (non-hydrogen) atoms. The first-order valence-electron chi connectivity index (χ1n) is 22.8. The largest absolute Gasteiger partial charge is 0.512 e. The Morgan fingerprint density at radius 2 is 1.71 bits per heavy atom. The summed E-state index contributed by atoms with van der Waals surface area (Å²) < 4.78 is 21.4. The number of aliphatic hydroxyl groups excluding tert-OH is 2. The standard InChI is InChI=1S/C48H71ClFNO5.C2H6/c1-11-12-24-51(27-31-14-13-15-34(49)43(31)50)28-38(54)48-23-18-33-32(42(48)41(29(2)3)35(53)25-48)16-17-37-46(33,9)21-19-36-45(7,8)39(20-22-47(36,37)10)56-40(55)26-44(5,6)30(4)52;1-2/h13-15,29,32-33,36-39,52,54H,4,11-12,16-28H2,1-3,5-10H3;1-2H3/t32?,33?,36-,37?,38+,39-,46?,47?,48?;/m0./s1. The minimum absolute atomic E-state index is 0.000692. The molecule has 0 amide bonds. The number of rotatable bonds is 13. The molecule has 6 nitrogen and oxygen atoms in total. The molecule has 0 aromatic heterocycles. The molecule has 5 aliphatic rings. The minimum Gasteiger partial charge on any atom is -0.512 e. The number of fused-ring (bicyclic) bond motifs is 7. The van der Waals surface area contributed by atoms with Crippen LogP contribution in [0, 0.1) is 62.5 Å². The van der Waals surface area contributed by atoms with Gasteiger partial charge in [0.15, 0.2) is 5.78 Å². The third kappa shape index (κ3) is 8.25. The smallest absolute Gasteiger partial charge is 0.307 e. The molecule has 1 aromatic carbocycles. The number of unbranched alkanes of at least 4 members (excludes halogenated alkanes) is 1. The lowest BCUT2D eigenvalue weighted by Crippen LogP contribution is -2.63. The lowest BCUT2D eigenvalue weighted by molar-refractivity contribution is -0.214. The summed E-state index contributed by atoms with van der Waals surface area (Å²) in [5.41, 5.74) is 1.42. The molecule has 4 fully saturated rings. The first kappa shape index (κ1) is 46.8. The average molecular weight is 827 g/mol. The van der Waals surface area contributed by atoms with Crippen LogP contribution in [0.3, 0.4) is 0 Å². The zero-order chi connectivity index (χ0) is 43.2. The number of benzene rings is 1. The summed E-state index contributed by atoms with van der Waals surface area (Å²) in [6, 6.07) is 5.14. The number of esters is 1. The van der Waals surface area contributed by atoms with Crippen molar-refractivity contribution in [1.82, 2.24) is 4.90 Å². The second kappa shape index (κ2) is 17.6. The van der Waals surface area contributed by atoms with E-state index in [4.69, 9.17) is 16.3 Å². The van der Waals surface area contributed by atoms with E-state index in [1.807, 2.05) is 27.7 Å². The fourth-order valence-corrected chi connectivity index (χ4v) is 13.8. The van der Waals surface area contributed by atoms with E-state index in [2.05, 4.69) is 59.9 Å². The topological polar surface area (TPSA) is 87.1 Å². The van der Waals surface area contributed by atoms with E-state index in [0.717, 1.165) is 76.3 Å². The summed E-state index contributed by atoms with van der Waals surface area (Å²) in [5.74, 6) is 1.22. The lowest BCUT2D eigenvalue weighted by Gasteiger charge is -2.69. The highest BCUT2D eigenvalue weighted by Gasteiger charge is 2.67. The Hall–Kier alpha value is -2.22. The van der Waals surface area contributed by atoms with Crippen molar-refractivity contribution < 1.29 is 28.9 Å². The summed E-state index contributed by atoms with van der Waals surface area (Å²) in [5, 5.41) is 22.7. The van der Waals surface area contributed by atoms with Crippen LogP contribution in [-0.4, -0.2) is 52.2 Å². The number of hydrogen-bond donors (Lipinski definition) is 2. The molecule has 6 unspecified atom stereocenters. The van der Waals surface area contributed by atoms with Gasteiger partial charge in [0.1, 0.15) is 11.9 Å². The number of hydrogen-bond acceptors (Lipinski definition) is 6. The van der Waals surface area contributed by atoms with Crippen molar-refractivity contribution in [3.63, 3.8) is 0 Å². The SMILES string of the molecule is C=C(O)C(C)(C)CC(=O)O[C@H]1CCC2(C)C3CCC4C5=C(C(C)C)C(=O)CC5([C@H](O)CN(CCCC)Cc5cccc(Cl)c5F)CCC4C3(C)CC[C@H]2C1(C)C.CC. The molecular weight excluding hydrogens is 749 g/mol. The Labute approximate surface area is 355 Å². The predicted octanol–water partition coefficient (Wildman–Crippen LogP) is 12.5. The van der Waals surface area contributed by atoms with Crippen LogP contribution in [0.5, 0.6) is 0 Å². The number of allylic oxidation sites excluding steroid dienone is 2. The van der Waals surface area contributed by atoms with Crippen LogP contribution in [0.1, 0.15) is 159 Å². The number of Topliss-reactive ketones (excluding diaryl/α,β-unsaturated/α-hetero) is 1. The van der Waals surface area contributed by atoms with E-state index in [9.17, 15) is 19.8 Å². The number of aliphatic hydroxyl groups is 2. The number of carbonyl (C=O) groups excluding carboxylic acids is 2. The van der Waals surface area contributed by atoms with Gasteiger partial charge in [-0.2, -0.15) is 0 Å². The fraction of sp³-hybridized carbons (Fsp3) is 0.760. The molecule has 1 aromatic rings. The number of ketones is 1. The molecule has 0 saturated heterocycles. The molecule has 9 atom stereocenters. The number of nitrogens with zero attached hydrogens (tertiary/aromatic N) is 1. The normalized spacial score (nSPS) is 33.4. The quantitative estimate of drug-likeness (QED) is 0.152. The van der Waals surface area contributed by atoms with Crippen molar-refractivity contribution in [3.8, 4) is 0 Å². The molecule has 4 saturated carbocycles. The molecule has 8 heteroatoms. The van der Waals surface area contributed by atoms with Crippen LogP contribution < -0.4 is 0 Å². The highest BCUT2D eigenvalue weighted by atomic mass is 35.5. The van der Waals surface area contributed by atoms with Gasteiger partial charge in [0.25, 0.3) is 0 Å². The molecule has 0 bridgehead atoms. The zero-order valence-electron chi connectivity index (χ0n) is 37.9. The average Bonchev–Trinajstić information content (AvgIpc) is 3.47. The molecule has 0 radical (unpaired) electrons. The first-order valence-corrected chi connectivity index (χ1v) is 23.2. The van der Waals surface area contributed by atoms with Crippen molar-refractivity contribution in [3.05, 3.63) is 58.1 Å². The van der Waals surface area contributed by atoms with Gasteiger partial charge in [-0.3, -0.25) is 14.5 Å². The van der Waals surface area contributed by atoms with E-state index >= 15 is 4.39 Å². The fourth-order valence-electron chi connectivity index (χ4n) is 13.6. The number of ether oxygens (including phenoxy) is 1. The Balaban J connectivity index is 0.00000315. The lowest BCUT2D eigenvalue weighted by atomic mass is 9.36. The van der Waals surface area contributed by atoms with E-state index in [1.54, 1.807) is 18.2 Å². The molecule has 0 heterocycles. The first-order chi connectivity index (χ1) is 27.1. The van der Waals surface area contributed by atoms with Crippen molar-refractivity contribution in [2.75, 3.05) is 13.1 Å². The van der Waals surface area contributed by atoms with Gasteiger partial charge in [-0.15, -0.1) is 0 Å². The maximum absolute atomic E-state index is 15.2. The minimum atomic E-state index is -0.739. The highest BCUT2D eigenvalue weighted by molar-refractivity contribution is 6.30. The van der Waals surface area contributed by atoms with Gasteiger partial charge in [-0.25, -0.2) is 4.39 Å². The van der Waals surface area contributed by atoms with Crippen LogP contribution in [0.15, 0.2) is 41.7 Å². The van der Waals surface area contributed by atoms with Crippen LogP contribution in [-0.2, 0) is 20.9 Å². The van der Waals surface area contributed by atoms with Gasteiger partial charge >= 0.3 is 5.97 Å². The van der Waals surface area contributed by atoms with E-state index in [-0.39, 0.29) is 63.1 Å². The second-order valence-electron chi connectivity index (χ2n) is 20.9. The highest BCUT2D eigenvalue weighted by Crippen LogP contribution is 2.73. The molecule has 0 aliphatic heterocycles. The van der Waals surface area contributed by atoms with Crippen molar-refractivity contribution in [2.45, 2.75) is 172 Å². The monoisotopic (exact) mass is 826 g/mol. The van der Waals surface area contributed by atoms with Gasteiger partial charge < -0.3 is 14.9 Å². The number of halogens is 2. The molecule has 6 rings (SSSR count). The Morgan fingerprint density at radius 3 is 2.34 bits per heavy atom. The van der Waals surface area contributed by atoms with Gasteiger partial charge in [0.05, 0.1) is 23.3 Å². The molecule has 2 N–H and O–H groups in total. The second-order valence-corrected chi connectivity index (χ2v) is 21.3. The van der Waals surface area contributed by atoms with Crippen LogP contribution in [0.25, 0.3) is 0 Å². The third-order valence-corrected chi connectivity index (χ3v) is 16.8. The summed E-state index contributed by atoms with van der Waals surface area (Å²) in [7, 11) is 0. The zero-order valence-corrected chi connectivity index (χ0v) is 38.7. The summed E-state index contributed by atoms with van der Waals surface area (Å²) in [6.07, 6.45) is 9.37. The number of carbonyl (C=O) groups is 2. The molecular formula is C50H77ClFNO5. The van der Waals surface area contributed by atoms with Gasteiger partial charge in [0.2, 0.25) is 0 Å². The molecule has 326 valence electrons. The van der Waals surface area contributed by atoms with Crippen molar-refractivity contribution in [1.29, 1.82) is 0 Å². The van der Waals surface area contributed by atoms with E-state index < -0.39 is 22.8 Å². The Bertz CT molecular complexity index is 1720. The molecule has 5 aliphatic carbocycles.